The van der Waals surface area contributed by atoms with E-state index in [0.29, 0.717) is 16.4 Å². The third kappa shape index (κ3) is 3.89. The van der Waals surface area contributed by atoms with Crippen LogP contribution >= 0.6 is 11.6 Å². The summed E-state index contributed by atoms with van der Waals surface area (Å²) in [6.45, 7) is 8.90. The highest BCUT2D eigenvalue weighted by atomic mass is 35.5. The highest BCUT2D eigenvalue weighted by Crippen LogP contribution is 2.41. The maximum absolute atomic E-state index is 6.32. The van der Waals surface area contributed by atoms with Gasteiger partial charge in [0.15, 0.2) is 0 Å². The van der Waals surface area contributed by atoms with E-state index in [1.54, 1.807) is 0 Å². The van der Waals surface area contributed by atoms with Gasteiger partial charge in [-0.2, -0.15) is 0 Å². The standard InChI is InChI=1S/C17H26ClNO/c1-11-7-14(10-17(3,4)9-11)20-16-6-5-13(12(2)19)8-15(16)18/h5-6,8,11-12,14H,7,9-10,19H2,1-4H3/t11?,12-,14?/m1/s1. The van der Waals surface area contributed by atoms with Crippen LogP contribution in [0.3, 0.4) is 0 Å². The summed E-state index contributed by atoms with van der Waals surface area (Å²) in [5, 5.41) is 0.663. The Labute approximate surface area is 127 Å². The smallest absolute Gasteiger partial charge is 0.138 e. The Balaban J connectivity index is 2.10. The summed E-state index contributed by atoms with van der Waals surface area (Å²) in [5.74, 6) is 1.48. The summed E-state index contributed by atoms with van der Waals surface area (Å²) in [5.41, 5.74) is 7.26. The molecule has 0 bridgehead atoms. The fraction of sp³-hybridized carbons (Fsp3) is 0.647. The van der Waals surface area contributed by atoms with E-state index in [-0.39, 0.29) is 12.1 Å². The van der Waals surface area contributed by atoms with E-state index < -0.39 is 0 Å². The summed E-state index contributed by atoms with van der Waals surface area (Å²) in [6.07, 6.45) is 3.72. The molecular formula is C17H26ClNO. The molecule has 3 atom stereocenters. The topological polar surface area (TPSA) is 35.2 Å². The predicted octanol–water partition coefficient (Wildman–Crippen LogP) is 4.95. The van der Waals surface area contributed by atoms with Crippen molar-refractivity contribution in [2.24, 2.45) is 17.1 Å². The summed E-state index contributed by atoms with van der Waals surface area (Å²) < 4.78 is 6.15. The molecule has 1 aliphatic rings. The molecule has 0 heterocycles. The number of ether oxygens (including phenoxy) is 1. The lowest BCUT2D eigenvalue weighted by Gasteiger charge is -2.39. The zero-order valence-electron chi connectivity index (χ0n) is 12.9. The Kier molecular flexibility index (Phi) is 4.66. The van der Waals surface area contributed by atoms with Crippen molar-refractivity contribution in [2.75, 3.05) is 0 Å². The first-order chi connectivity index (χ1) is 9.27. The van der Waals surface area contributed by atoms with E-state index in [2.05, 4.69) is 20.8 Å². The van der Waals surface area contributed by atoms with Gasteiger partial charge >= 0.3 is 0 Å². The molecule has 1 aliphatic carbocycles. The van der Waals surface area contributed by atoms with Crippen molar-refractivity contribution >= 4 is 11.6 Å². The van der Waals surface area contributed by atoms with Crippen LogP contribution < -0.4 is 10.5 Å². The summed E-state index contributed by atoms with van der Waals surface area (Å²) >= 11 is 6.32. The molecule has 0 spiro atoms. The van der Waals surface area contributed by atoms with E-state index in [9.17, 15) is 0 Å². The molecule has 1 saturated carbocycles. The molecule has 20 heavy (non-hydrogen) atoms. The number of rotatable bonds is 3. The Morgan fingerprint density at radius 3 is 2.60 bits per heavy atom. The van der Waals surface area contributed by atoms with Gasteiger partial charge in [-0.1, -0.05) is 38.4 Å². The largest absolute Gasteiger partial charge is 0.489 e. The monoisotopic (exact) mass is 295 g/mol. The highest BCUT2D eigenvalue weighted by molar-refractivity contribution is 6.32. The number of hydrogen-bond donors (Lipinski definition) is 1. The van der Waals surface area contributed by atoms with Crippen LogP contribution in [0.25, 0.3) is 0 Å². The minimum Gasteiger partial charge on any atom is -0.489 e. The first-order valence-corrected chi connectivity index (χ1v) is 7.86. The average molecular weight is 296 g/mol. The van der Waals surface area contributed by atoms with Gasteiger partial charge in [-0.05, 0) is 55.2 Å². The lowest BCUT2D eigenvalue weighted by atomic mass is 9.71. The van der Waals surface area contributed by atoms with Gasteiger partial charge in [0.25, 0.3) is 0 Å². The molecule has 2 nitrogen and oxygen atoms in total. The molecule has 1 fully saturated rings. The molecule has 3 heteroatoms. The van der Waals surface area contributed by atoms with Crippen molar-refractivity contribution in [3.8, 4) is 5.75 Å². The molecule has 112 valence electrons. The third-order valence-electron chi connectivity index (χ3n) is 4.12. The van der Waals surface area contributed by atoms with Crippen LogP contribution in [-0.4, -0.2) is 6.10 Å². The van der Waals surface area contributed by atoms with Gasteiger partial charge in [0.2, 0.25) is 0 Å². The molecule has 0 saturated heterocycles. The van der Waals surface area contributed by atoms with Gasteiger partial charge in [-0.15, -0.1) is 0 Å². The van der Waals surface area contributed by atoms with Crippen LogP contribution in [0.15, 0.2) is 18.2 Å². The maximum Gasteiger partial charge on any atom is 0.138 e. The Morgan fingerprint density at radius 2 is 2.05 bits per heavy atom. The zero-order chi connectivity index (χ0) is 14.9. The minimum atomic E-state index is -0.00446. The number of hydrogen-bond acceptors (Lipinski definition) is 2. The SMILES string of the molecule is CC1CC(Oc2ccc([C@@H](C)N)cc2Cl)CC(C)(C)C1. The van der Waals surface area contributed by atoms with E-state index in [1.807, 2.05) is 25.1 Å². The lowest BCUT2D eigenvalue weighted by Crippen LogP contribution is -2.34. The minimum absolute atomic E-state index is 0.00446. The van der Waals surface area contributed by atoms with E-state index in [1.165, 1.54) is 6.42 Å². The molecular weight excluding hydrogens is 270 g/mol. The van der Waals surface area contributed by atoms with Crippen LogP contribution in [-0.2, 0) is 0 Å². The molecule has 1 aromatic carbocycles. The Hall–Kier alpha value is -0.730. The fourth-order valence-electron chi connectivity index (χ4n) is 3.42. The maximum atomic E-state index is 6.32. The van der Waals surface area contributed by atoms with Gasteiger partial charge in [-0.25, -0.2) is 0 Å². The van der Waals surface area contributed by atoms with Crippen molar-refractivity contribution in [1.29, 1.82) is 0 Å². The van der Waals surface area contributed by atoms with E-state index in [0.717, 1.165) is 24.2 Å². The normalized spacial score (nSPS) is 27.1. The second-order valence-electron chi connectivity index (χ2n) is 7.13. The van der Waals surface area contributed by atoms with Gasteiger partial charge in [0.05, 0.1) is 11.1 Å². The van der Waals surface area contributed by atoms with Crippen LogP contribution in [0.5, 0.6) is 5.75 Å². The molecule has 2 N–H and O–H groups in total. The quantitative estimate of drug-likeness (QED) is 0.856. The van der Waals surface area contributed by atoms with Gasteiger partial charge < -0.3 is 10.5 Å². The number of benzene rings is 1. The number of nitrogens with two attached hydrogens (primary N) is 1. The van der Waals surface area contributed by atoms with Crippen molar-refractivity contribution < 1.29 is 4.74 Å². The molecule has 2 rings (SSSR count). The Morgan fingerprint density at radius 1 is 1.35 bits per heavy atom. The summed E-state index contributed by atoms with van der Waals surface area (Å²) in [6, 6.07) is 5.87. The van der Waals surface area contributed by atoms with Gasteiger partial charge in [0, 0.05) is 6.04 Å². The Bertz CT molecular complexity index is 470. The van der Waals surface area contributed by atoms with Crippen molar-refractivity contribution in [2.45, 2.75) is 59.1 Å². The van der Waals surface area contributed by atoms with Crippen LogP contribution in [0, 0.1) is 11.3 Å². The molecule has 0 aliphatic heterocycles. The second kappa shape index (κ2) is 5.95. The molecule has 1 aromatic rings. The third-order valence-corrected chi connectivity index (χ3v) is 4.42. The van der Waals surface area contributed by atoms with E-state index in [4.69, 9.17) is 22.1 Å². The van der Waals surface area contributed by atoms with Crippen molar-refractivity contribution in [3.63, 3.8) is 0 Å². The van der Waals surface area contributed by atoms with Crippen LogP contribution in [0.2, 0.25) is 5.02 Å². The lowest BCUT2D eigenvalue weighted by molar-refractivity contribution is 0.0563. The first kappa shape index (κ1) is 15.7. The van der Waals surface area contributed by atoms with E-state index >= 15 is 0 Å². The fourth-order valence-corrected chi connectivity index (χ4v) is 3.66. The molecule has 0 radical (unpaired) electrons. The summed E-state index contributed by atoms with van der Waals surface area (Å²) in [4.78, 5) is 0. The van der Waals surface area contributed by atoms with Crippen LogP contribution in [0.1, 0.15) is 58.6 Å². The van der Waals surface area contributed by atoms with Gasteiger partial charge in [0.1, 0.15) is 5.75 Å². The average Bonchev–Trinajstić information content (AvgIpc) is 2.28. The highest BCUT2D eigenvalue weighted by Gasteiger charge is 2.33. The van der Waals surface area contributed by atoms with Gasteiger partial charge in [-0.3, -0.25) is 0 Å². The van der Waals surface area contributed by atoms with Crippen molar-refractivity contribution in [1.82, 2.24) is 0 Å². The molecule has 2 unspecified atom stereocenters. The predicted molar refractivity (Wildman–Crippen MR) is 85.3 cm³/mol. The number of halogens is 1. The molecule has 0 amide bonds. The second-order valence-corrected chi connectivity index (χ2v) is 7.54. The van der Waals surface area contributed by atoms with Crippen molar-refractivity contribution in [3.05, 3.63) is 28.8 Å². The zero-order valence-corrected chi connectivity index (χ0v) is 13.7. The summed E-state index contributed by atoms with van der Waals surface area (Å²) in [7, 11) is 0. The molecule has 0 aromatic heterocycles. The first-order valence-electron chi connectivity index (χ1n) is 7.48. The van der Waals surface area contributed by atoms with Crippen LogP contribution in [0.4, 0.5) is 0 Å².